The van der Waals surface area contributed by atoms with Crippen molar-refractivity contribution in [2.75, 3.05) is 63.8 Å². The van der Waals surface area contributed by atoms with Crippen molar-refractivity contribution in [1.82, 2.24) is 10.6 Å². The Labute approximate surface area is 446 Å². The topological polar surface area (TPSA) is 233 Å². The Morgan fingerprint density at radius 3 is 2.63 bits per heavy atom. The maximum atomic E-state index is 13.8. The maximum Gasteiger partial charge on any atom is 0.306 e. The van der Waals surface area contributed by atoms with Gasteiger partial charge in [0.2, 0.25) is 12.0 Å². The SMILES string of the molecule is CCOC(=O)CCc1cc2ccoc2c2c1O[C@@H]1O[C@@]3(CSS[C@@]45C[C@H](CSSC[C@H](CC[C@@H]3O)[C@@H](C)CC[C@@H]4NCCO2)[C@@]2(CC[C@H](CNC)C2)[C@@H]5CCCO)[C@]2(O)C[C@@H]3C=C[C@H](O)[C@H](CO)[C@H]3[C@@]1(O)[C@H]2O. The van der Waals surface area contributed by atoms with Gasteiger partial charge in [-0.25, -0.2) is 0 Å². The predicted octanol–water partition coefficient (Wildman–Crippen LogP) is 5.87. The molecule has 0 unspecified atom stereocenters. The van der Waals surface area contributed by atoms with Crippen LogP contribution in [0.5, 0.6) is 11.5 Å². The first-order chi connectivity index (χ1) is 35.2. The highest BCUT2D eigenvalue weighted by Crippen LogP contribution is 2.71. The Bertz CT molecular complexity index is 2280. The van der Waals surface area contributed by atoms with Gasteiger partial charge in [0.05, 0.1) is 25.1 Å². The molecule has 19 heteroatoms. The summed E-state index contributed by atoms with van der Waals surface area (Å²) in [5.41, 5.74) is -5.85. The van der Waals surface area contributed by atoms with Gasteiger partial charge in [0.15, 0.2) is 16.9 Å². The second-order valence-electron chi connectivity index (χ2n) is 23.0. The normalized spacial score (nSPS) is 43.8. The number of aryl methyl sites for hydroxylation is 1. The second kappa shape index (κ2) is 22.4. The highest BCUT2D eigenvalue weighted by molar-refractivity contribution is 8.77. The van der Waals surface area contributed by atoms with Crippen molar-refractivity contribution in [3.63, 3.8) is 0 Å². The predicted molar refractivity (Wildman–Crippen MR) is 286 cm³/mol. The summed E-state index contributed by atoms with van der Waals surface area (Å²) in [7, 11) is 9.38. The van der Waals surface area contributed by atoms with Gasteiger partial charge in [0.1, 0.15) is 23.9 Å². The number of hydrogen-bond acceptors (Lipinski definition) is 19. The van der Waals surface area contributed by atoms with E-state index >= 15 is 0 Å². The van der Waals surface area contributed by atoms with Crippen molar-refractivity contribution in [1.29, 1.82) is 0 Å². The van der Waals surface area contributed by atoms with Gasteiger partial charge in [-0.3, -0.25) is 4.79 Å². The van der Waals surface area contributed by atoms with E-state index in [0.717, 1.165) is 63.0 Å². The van der Waals surface area contributed by atoms with Crippen LogP contribution >= 0.6 is 43.2 Å². The van der Waals surface area contributed by atoms with E-state index < -0.39 is 76.5 Å². The molecule has 1 aromatic heterocycles. The molecule has 3 spiro atoms. The number of hydrogen-bond donors (Lipinski definition) is 9. The number of aliphatic hydroxyl groups is 7. The first-order valence-corrected chi connectivity index (χ1v) is 32.0. The zero-order valence-corrected chi connectivity index (χ0v) is 45.9. The molecule has 73 heavy (non-hydrogen) atoms. The highest BCUT2D eigenvalue weighted by atomic mass is 33.1. The van der Waals surface area contributed by atoms with E-state index in [0.29, 0.717) is 47.8 Å². The van der Waals surface area contributed by atoms with Gasteiger partial charge in [-0.2, -0.15) is 0 Å². The number of rotatable bonds is 10. The third-order valence-corrected chi connectivity index (χ3v) is 25.3. The highest BCUT2D eigenvalue weighted by Gasteiger charge is 2.78. The van der Waals surface area contributed by atoms with E-state index in [1.54, 1.807) is 42.2 Å². The van der Waals surface area contributed by atoms with Crippen molar-refractivity contribution < 1.29 is 63.9 Å². The van der Waals surface area contributed by atoms with Crippen LogP contribution in [0.1, 0.15) is 96.5 Å². The molecule has 0 amide bonds. The fourth-order valence-corrected chi connectivity index (χ4v) is 23.2. The number of aliphatic hydroxyl groups excluding tert-OH is 5. The van der Waals surface area contributed by atoms with Crippen molar-refractivity contribution in [3.05, 3.63) is 36.1 Å². The van der Waals surface area contributed by atoms with E-state index in [1.807, 2.05) is 45.5 Å². The molecule has 408 valence electrons. The molecule has 4 aliphatic carbocycles. The van der Waals surface area contributed by atoms with Crippen molar-refractivity contribution in [2.45, 2.75) is 150 Å². The molecule has 3 saturated carbocycles. The molecule has 1 aromatic carbocycles. The first-order valence-electron chi connectivity index (χ1n) is 27.2. The standard InChI is InChI=1S/C54H80N2O13S4/c1-4-65-43(61)14-10-33-22-34-16-20-66-45(34)47-46(33)68-49-54(64)44-35(8-11-39(59)38(44)27-58)24-52(63,48(54)62)53(69-49)30-72-73-51-25-37(50(40(51)6-5-19-57)17-15-32(23-50)26-55-3)29-71-70-28-36(9-13-42(53)60)31(2)7-12-41(51)56-18-21-67-47/h8,11,16,20,22,31-32,35-42,44,48-49,55-60,62-64H,4-7,9-10,12-15,17-19,21,23-30H2,1-3H3/t31-,32-,35-,36-,37+,38-,39-,40-,41-,42-,44-,48-,49+,50-,51+,52-,53+,54+/m0/s1. The number of carbonyl (C=O) groups excluding carboxylic acids is 1. The largest absolute Gasteiger partial charge is 0.485 e. The average molecular weight is 1090 g/mol. The molecule has 6 fully saturated rings. The van der Waals surface area contributed by atoms with E-state index in [2.05, 4.69) is 17.6 Å². The van der Waals surface area contributed by atoms with Crippen LogP contribution in [0.3, 0.4) is 0 Å². The minimum atomic E-state index is -2.49. The molecule has 4 aliphatic heterocycles. The molecule has 8 bridgehead atoms. The lowest BCUT2D eigenvalue weighted by molar-refractivity contribution is -0.424. The van der Waals surface area contributed by atoms with Gasteiger partial charge in [-0.05, 0) is 156 Å². The number of benzene rings is 1. The number of carbonyl (C=O) groups is 1. The van der Waals surface area contributed by atoms with Crippen LogP contribution in [0.4, 0.5) is 0 Å². The number of fused-ring (bicyclic) bond motifs is 16. The number of allylic oxidation sites excluding steroid dienone is 1. The zero-order valence-electron chi connectivity index (χ0n) is 42.7. The Balaban J connectivity index is 1.20. The Hall–Kier alpha value is -1.43. The number of esters is 1. The first kappa shape index (κ1) is 54.9. The van der Waals surface area contributed by atoms with Gasteiger partial charge in [-0.1, -0.05) is 62.3 Å². The van der Waals surface area contributed by atoms with E-state index in [-0.39, 0.29) is 92.0 Å². The summed E-state index contributed by atoms with van der Waals surface area (Å²) in [6.07, 6.45) is 6.95. The quantitative estimate of drug-likeness (QED) is 0.0770. The lowest BCUT2D eigenvalue weighted by Crippen LogP contribution is -2.86. The molecule has 10 rings (SSSR count). The molecule has 2 aromatic rings. The summed E-state index contributed by atoms with van der Waals surface area (Å²) < 4.78 is 32.6. The molecule has 0 radical (unpaired) electrons. The summed E-state index contributed by atoms with van der Waals surface area (Å²) in [5, 5.41) is 95.6. The maximum absolute atomic E-state index is 13.8. The molecule has 18 atom stereocenters. The van der Waals surface area contributed by atoms with Gasteiger partial charge >= 0.3 is 5.97 Å². The van der Waals surface area contributed by atoms with Crippen molar-refractivity contribution >= 4 is 60.1 Å². The second-order valence-corrected chi connectivity index (χ2v) is 28.2. The molecular formula is C54H80N2O13S4. The zero-order chi connectivity index (χ0) is 51.3. The number of ether oxygens (including phenoxy) is 4. The molecule has 3 saturated heterocycles. The van der Waals surface area contributed by atoms with Gasteiger partial charge in [-0.15, -0.1) is 0 Å². The van der Waals surface area contributed by atoms with Crippen molar-refractivity contribution in [3.8, 4) is 11.5 Å². The average Bonchev–Trinajstić information content (AvgIpc) is 4.08. The number of nitrogens with one attached hydrogen (secondary N) is 2. The number of furan rings is 1. The van der Waals surface area contributed by atoms with Gasteiger partial charge < -0.3 is 69.7 Å². The fourth-order valence-electron chi connectivity index (χ4n) is 15.8. The Morgan fingerprint density at radius 1 is 1.00 bits per heavy atom. The van der Waals surface area contributed by atoms with Crippen LogP contribution in [0.15, 0.2) is 35.0 Å². The smallest absolute Gasteiger partial charge is 0.306 e. The third kappa shape index (κ3) is 9.43. The summed E-state index contributed by atoms with van der Waals surface area (Å²) in [5.74, 6) is 0.610. The summed E-state index contributed by atoms with van der Waals surface area (Å²) >= 11 is 0. The molecule has 9 N–H and O–H groups in total. The summed E-state index contributed by atoms with van der Waals surface area (Å²) in [6.45, 7) is 5.41. The lowest BCUT2D eigenvalue weighted by Gasteiger charge is -2.67. The van der Waals surface area contributed by atoms with Crippen LogP contribution in [-0.4, -0.2) is 158 Å². The summed E-state index contributed by atoms with van der Waals surface area (Å²) in [4.78, 5) is 13.1. The van der Waals surface area contributed by atoms with E-state index in [4.69, 9.17) is 23.4 Å². The molecule has 8 aliphatic rings. The van der Waals surface area contributed by atoms with E-state index in [1.165, 1.54) is 0 Å². The molecular weight excluding hydrogens is 1010 g/mol. The Morgan fingerprint density at radius 2 is 1.84 bits per heavy atom. The molecule has 5 heterocycles. The van der Waals surface area contributed by atoms with E-state index in [9.17, 15) is 40.5 Å². The van der Waals surface area contributed by atoms with Crippen LogP contribution in [0, 0.1) is 52.8 Å². The monoisotopic (exact) mass is 1090 g/mol. The Kier molecular flexibility index (Phi) is 16.8. The van der Waals surface area contributed by atoms with Crippen LogP contribution in [-0.2, 0) is 20.7 Å². The minimum absolute atomic E-state index is 0.00633. The van der Waals surface area contributed by atoms with Gasteiger partial charge in [0, 0.05) is 71.4 Å². The van der Waals surface area contributed by atoms with Gasteiger partial charge in [0.25, 0.3) is 0 Å². The van der Waals surface area contributed by atoms with Crippen molar-refractivity contribution in [2.24, 2.45) is 52.8 Å². The third-order valence-electron chi connectivity index (χ3n) is 19.4. The lowest BCUT2D eigenvalue weighted by atomic mass is 9.50. The minimum Gasteiger partial charge on any atom is -0.485 e. The van der Waals surface area contributed by atoms with Crippen LogP contribution in [0.25, 0.3) is 11.0 Å². The van der Waals surface area contributed by atoms with Crippen LogP contribution in [0.2, 0.25) is 0 Å². The fraction of sp³-hybridized carbons (Fsp3) is 0.796. The summed E-state index contributed by atoms with van der Waals surface area (Å²) in [6, 6.07) is 3.64. The van der Waals surface area contributed by atoms with Crippen LogP contribution < -0.4 is 20.1 Å². The molecule has 15 nitrogen and oxygen atoms in total.